The van der Waals surface area contributed by atoms with E-state index in [1.54, 1.807) is 0 Å². The Morgan fingerprint density at radius 3 is 2.86 bits per heavy atom. The van der Waals surface area contributed by atoms with E-state index in [-0.39, 0.29) is 0 Å². The molecule has 4 nitrogen and oxygen atoms in total. The minimum atomic E-state index is -0.923. The molecule has 1 aromatic heterocycles. The third-order valence-electron chi connectivity index (χ3n) is 3.99. The fourth-order valence-corrected chi connectivity index (χ4v) is 3.78. The SMILES string of the molecule is CCc1ncc2c(n1)CN(CCS(=O)c1ccccc1)CC2. The van der Waals surface area contributed by atoms with Gasteiger partial charge in [0.2, 0.25) is 0 Å². The molecule has 1 aromatic carbocycles. The van der Waals surface area contributed by atoms with Crippen molar-refractivity contribution >= 4 is 10.8 Å². The second-order valence-corrected chi connectivity index (χ2v) is 7.07. The Hall–Kier alpha value is -1.59. The molecule has 0 N–H and O–H groups in total. The summed E-state index contributed by atoms with van der Waals surface area (Å²) < 4.78 is 12.3. The van der Waals surface area contributed by atoms with Crippen LogP contribution < -0.4 is 0 Å². The van der Waals surface area contributed by atoms with Crippen molar-refractivity contribution in [2.24, 2.45) is 0 Å². The largest absolute Gasteiger partial charge is 0.296 e. The normalized spacial score (nSPS) is 16.2. The van der Waals surface area contributed by atoms with Crippen molar-refractivity contribution < 1.29 is 4.21 Å². The number of aryl methyl sites for hydroxylation is 1. The number of nitrogens with zero attached hydrogens (tertiary/aromatic N) is 3. The van der Waals surface area contributed by atoms with E-state index in [9.17, 15) is 4.21 Å². The van der Waals surface area contributed by atoms with Gasteiger partial charge < -0.3 is 0 Å². The predicted molar refractivity (Wildman–Crippen MR) is 88.1 cm³/mol. The number of aromatic nitrogens is 2. The molecule has 0 aliphatic carbocycles. The van der Waals surface area contributed by atoms with Gasteiger partial charge in [-0.1, -0.05) is 25.1 Å². The first-order valence-corrected chi connectivity index (χ1v) is 9.07. The van der Waals surface area contributed by atoms with Crippen molar-refractivity contribution in [3.05, 3.63) is 53.6 Å². The summed E-state index contributed by atoms with van der Waals surface area (Å²) >= 11 is 0. The number of benzene rings is 1. The standard InChI is InChI=1S/C17H21N3OS/c1-2-17-18-12-14-8-9-20(13-16(14)19-17)10-11-22(21)15-6-4-3-5-7-15/h3-7,12H,2,8-11,13H2,1H3. The highest BCUT2D eigenvalue weighted by Gasteiger charge is 2.18. The Morgan fingerprint density at radius 1 is 1.27 bits per heavy atom. The molecule has 0 bridgehead atoms. The van der Waals surface area contributed by atoms with Crippen LogP contribution in [0.15, 0.2) is 41.4 Å². The molecule has 0 saturated heterocycles. The molecule has 3 rings (SSSR count). The highest BCUT2D eigenvalue weighted by atomic mass is 32.2. The van der Waals surface area contributed by atoms with Crippen molar-refractivity contribution in [3.63, 3.8) is 0 Å². The Labute approximate surface area is 134 Å². The molecule has 1 unspecified atom stereocenters. The van der Waals surface area contributed by atoms with Gasteiger partial charge in [0.15, 0.2) is 0 Å². The average molecular weight is 315 g/mol. The zero-order valence-corrected chi connectivity index (χ0v) is 13.7. The number of hydrogen-bond donors (Lipinski definition) is 0. The molecule has 0 fully saturated rings. The van der Waals surface area contributed by atoms with E-state index >= 15 is 0 Å². The molecule has 5 heteroatoms. The highest BCUT2D eigenvalue weighted by Crippen LogP contribution is 2.17. The fraction of sp³-hybridized carbons (Fsp3) is 0.412. The number of fused-ring (bicyclic) bond motifs is 1. The van der Waals surface area contributed by atoms with Gasteiger partial charge in [0, 0.05) is 42.9 Å². The lowest BCUT2D eigenvalue weighted by atomic mass is 10.1. The summed E-state index contributed by atoms with van der Waals surface area (Å²) in [5, 5.41) is 0. The summed E-state index contributed by atoms with van der Waals surface area (Å²) in [5.41, 5.74) is 2.40. The van der Waals surface area contributed by atoms with E-state index in [4.69, 9.17) is 0 Å². The van der Waals surface area contributed by atoms with Crippen molar-refractivity contribution in [1.29, 1.82) is 0 Å². The van der Waals surface area contributed by atoms with Gasteiger partial charge in [-0.25, -0.2) is 9.97 Å². The van der Waals surface area contributed by atoms with Crippen molar-refractivity contribution in [1.82, 2.24) is 14.9 Å². The maximum Gasteiger partial charge on any atom is 0.128 e. The van der Waals surface area contributed by atoms with Crippen LogP contribution in [0.5, 0.6) is 0 Å². The van der Waals surface area contributed by atoms with Crippen LogP contribution in [0.2, 0.25) is 0 Å². The second-order valence-electron chi connectivity index (χ2n) is 5.50. The molecule has 0 amide bonds. The van der Waals surface area contributed by atoms with Crippen molar-refractivity contribution in [2.75, 3.05) is 18.8 Å². The molecule has 1 aliphatic heterocycles. The zero-order chi connectivity index (χ0) is 15.4. The van der Waals surface area contributed by atoms with Crippen LogP contribution in [0.3, 0.4) is 0 Å². The van der Waals surface area contributed by atoms with Gasteiger partial charge in [0.25, 0.3) is 0 Å². The molecular formula is C17H21N3OS. The van der Waals surface area contributed by atoms with Gasteiger partial charge in [-0.3, -0.25) is 9.11 Å². The molecule has 0 spiro atoms. The first kappa shape index (κ1) is 15.3. The predicted octanol–water partition coefficient (Wildman–Crippen LogP) is 2.20. The van der Waals surface area contributed by atoms with Crippen LogP contribution in [0.4, 0.5) is 0 Å². The summed E-state index contributed by atoms with van der Waals surface area (Å²) in [5.74, 6) is 1.58. The smallest absolute Gasteiger partial charge is 0.128 e. The van der Waals surface area contributed by atoms with Crippen LogP contribution in [0.1, 0.15) is 24.0 Å². The summed E-state index contributed by atoms with van der Waals surface area (Å²) in [6, 6.07) is 9.69. The zero-order valence-electron chi connectivity index (χ0n) is 12.9. The third-order valence-corrected chi connectivity index (χ3v) is 5.34. The average Bonchev–Trinajstić information content (AvgIpc) is 2.59. The summed E-state index contributed by atoms with van der Waals surface area (Å²) in [4.78, 5) is 12.3. The Bertz CT molecular complexity index is 660. The first-order chi connectivity index (χ1) is 10.8. The van der Waals surface area contributed by atoms with Gasteiger partial charge in [-0.2, -0.15) is 0 Å². The summed E-state index contributed by atoms with van der Waals surface area (Å²) in [6.07, 6.45) is 3.82. The minimum absolute atomic E-state index is 0.672. The van der Waals surface area contributed by atoms with Gasteiger partial charge in [-0.05, 0) is 24.1 Å². The minimum Gasteiger partial charge on any atom is -0.296 e. The van der Waals surface area contributed by atoms with E-state index in [2.05, 4.69) is 21.8 Å². The van der Waals surface area contributed by atoms with Crippen LogP contribution >= 0.6 is 0 Å². The molecule has 116 valence electrons. The van der Waals surface area contributed by atoms with E-state index < -0.39 is 10.8 Å². The molecule has 22 heavy (non-hydrogen) atoms. The van der Waals surface area contributed by atoms with Crippen molar-refractivity contribution in [2.45, 2.75) is 31.2 Å². The molecule has 1 aliphatic rings. The van der Waals surface area contributed by atoms with Gasteiger partial charge in [0.1, 0.15) is 5.82 Å². The lowest BCUT2D eigenvalue weighted by Crippen LogP contribution is -2.34. The molecule has 0 radical (unpaired) electrons. The van der Waals surface area contributed by atoms with E-state index in [1.807, 2.05) is 36.5 Å². The monoisotopic (exact) mass is 315 g/mol. The molecule has 2 heterocycles. The number of rotatable bonds is 5. The van der Waals surface area contributed by atoms with E-state index in [1.165, 1.54) is 5.56 Å². The summed E-state index contributed by atoms with van der Waals surface area (Å²) in [6.45, 7) is 4.75. The van der Waals surface area contributed by atoms with Crippen LogP contribution in [0.25, 0.3) is 0 Å². The lowest BCUT2D eigenvalue weighted by molar-refractivity contribution is 0.264. The topological polar surface area (TPSA) is 46.1 Å². The first-order valence-electron chi connectivity index (χ1n) is 7.75. The lowest BCUT2D eigenvalue weighted by Gasteiger charge is -2.27. The van der Waals surface area contributed by atoms with Gasteiger partial charge in [0.05, 0.1) is 16.5 Å². The molecular weight excluding hydrogens is 294 g/mol. The van der Waals surface area contributed by atoms with Crippen LogP contribution in [-0.4, -0.2) is 37.9 Å². The molecule has 0 saturated carbocycles. The molecule has 1 atom stereocenters. The maximum atomic E-state index is 12.3. The quantitative estimate of drug-likeness (QED) is 0.848. The highest BCUT2D eigenvalue weighted by molar-refractivity contribution is 7.85. The Morgan fingerprint density at radius 2 is 2.09 bits per heavy atom. The molecule has 2 aromatic rings. The number of hydrogen-bond acceptors (Lipinski definition) is 4. The van der Waals surface area contributed by atoms with E-state index in [0.717, 1.165) is 48.9 Å². The van der Waals surface area contributed by atoms with Gasteiger partial charge in [-0.15, -0.1) is 0 Å². The Balaban J connectivity index is 1.59. The maximum absolute atomic E-state index is 12.3. The fourth-order valence-electron chi connectivity index (χ4n) is 2.66. The van der Waals surface area contributed by atoms with Gasteiger partial charge >= 0.3 is 0 Å². The summed E-state index contributed by atoms with van der Waals surface area (Å²) in [7, 11) is -0.923. The second kappa shape index (κ2) is 7.11. The van der Waals surface area contributed by atoms with E-state index in [0.29, 0.717) is 5.75 Å². The van der Waals surface area contributed by atoms with Crippen molar-refractivity contribution in [3.8, 4) is 0 Å². The third kappa shape index (κ3) is 3.59. The van der Waals surface area contributed by atoms with Crippen LogP contribution in [-0.2, 0) is 30.2 Å². The van der Waals surface area contributed by atoms with Crippen LogP contribution in [0, 0.1) is 0 Å². The Kier molecular flexibility index (Phi) is 4.95.